The van der Waals surface area contributed by atoms with E-state index in [1.54, 1.807) is 5.38 Å². The van der Waals surface area contributed by atoms with Crippen molar-refractivity contribution in [3.05, 3.63) is 15.3 Å². The van der Waals surface area contributed by atoms with Gasteiger partial charge >= 0.3 is 0 Å². The van der Waals surface area contributed by atoms with Crippen LogP contribution in [0.4, 0.5) is 0 Å². The molecule has 1 aromatic rings. The third-order valence-electron chi connectivity index (χ3n) is 2.76. The first-order chi connectivity index (χ1) is 8.63. The third kappa shape index (κ3) is 3.86. The van der Waals surface area contributed by atoms with Gasteiger partial charge in [0.25, 0.3) is 5.91 Å². The van der Waals surface area contributed by atoms with Gasteiger partial charge in [0.1, 0.15) is 4.34 Å². The molecule has 6 heteroatoms. The largest absolute Gasteiger partial charge is 0.493 e. The predicted molar refractivity (Wildman–Crippen MR) is 76.0 cm³/mol. The van der Waals surface area contributed by atoms with Crippen LogP contribution in [0.3, 0.4) is 0 Å². The van der Waals surface area contributed by atoms with Crippen molar-refractivity contribution in [2.24, 2.45) is 0 Å². The molecule has 1 rings (SSSR count). The number of likely N-dealkylation sites (N-methyl/N-ethyl adjacent to an activating group) is 1. The summed E-state index contributed by atoms with van der Waals surface area (Å²) in [5.74, 6) is 0.323. The van der Waals surface area contributed by atoms with Crippen molar-refractivity contribution in [2.45, 2.75) is 13.8 Å². The summed E-state index contributed by atoms with van der Waals surface area (Å²) in [5.41, 5.74) is 0.507. The van der Waals surface area contributed by atoms with Crippen LogP contribution in [-0.4, -0.2) is 44.1 Å². The molecular formula is C12H19ClN2O2S. The molecule has 1 N–H and O–H groups in total. The molecular weight excluding hydrogens is 272 g/mol. The van der Waals surface area contributed by atoms with Crippen molar-refractivity contribution in [3.8, 4) is 5.75 Å². The van der Waals surface area contributed by atoms with E-state index < -0.39 is 0 Å². The predicted octanol–water partition coefficient (Wildman–Crippen LogP) is 2.48. The number of thiophene rings is 1. The number of hydrogen-bond donors (Lipinski definition) is 1. The maximum absolute atomic E-state index is 11.9. The maximum atomic E-state index is 11.9. The van der Waals surface area contributed by atoms with Crippen molar-refractivity contribution in [2.75, 3.05) is 33.3 Å². The number of nitrogens with one attached hydrogen (secondary N) is 1. The van der Waals surface area contributed by atoms with Gasteiger partial charge in [-0.05, 0) is 13.1 Å². The van der Waals surface area contributed by atoms with E-state index in [1.165, 1.54) is 18.4 Å². The Hall–Kier alpha value is -0.780. The fourth-order valence-electron chi connectivity index (χ4n) is 1.63. The lowest BCUT2D eigenvalue weighted by atomic mass is 10.3. The van der Waals surface area contributed by atoms with Crippen LogP contribution < -0.4 is 10.1 Å². The van der Waals surface area contributed by atoms with Gasteiger partial charge in [-0.15, -0.1) is 11.3 Å². The molecule has 102 valence electrons. The van der Waals surface area contributed by atoms with Crippen LogP contribution in [0, 0.1) is 0 Å². The molecule has 1 heterocycles. The fourth-order valence-corrected chi connectivity index (χ4v) is 2.68. The molecule has 0 fully saturated rings. The molecule has 1 aromatic heterocycles. The number of methoxy groups -OCH3 is 1. The average molecular weight is 291 g/mol. The Labute approximate surface area is 117 Å². The van der Waals surface area contributed by atoms with E-state index in [1.807, 2.05) is 0 Å². The fraction of sp³-hybridized carbons (Fsp3) is 0.583. The second-order valence-corrected chi connectivity index (χ2v) is 5.22. The monoisotopic (exact) mass is 290 g/mol. The molecule has 0 aliphatic rings. The van der Waals surface area contributed by atoms with Gasteiger partial charge < -0.3 is 15.0 Å². The summed E-state index contributed by atoms with van der Waals surface area (Å²) in [5, 5.41) is 4.59. The molecule has 0 radical (unpaired) electrons. The average Bonchev–Trinajstić information content (AvgIpc) is 2.75. The number of ether oxygens (including phenoxy) is 1. The van der Waals surface area contributed by atoms with Gasteiger partial charge in [0.05, 0.1) is 12.7 Å². The maximum Gasteiger partial charge on any atom is 0.256 e. The Morgan fingerprint density at radius 1 is 1.50 bits per heavy atom. The topological polar surface area (TPSA) is 41.6 Å². The summed E-state index contributed by atoms with van der Waals surface area (Å²) in [7, 11) is 1.51. The van der Waals surface area contributed by atoms with Crippen molar-refractivity contribution < 1.29 is 9.53 Å². The standard InChI is InChI=1S/C12H19ClN2O2S/c1-4-15(5-2)7-6-14-12(16)9-8-18-11(13)10(9)17-3/h8H,4-7H2,1-3H3,(H,14,16). The van der Waals surface area contributed by atoms with E-state index in [0.717, 1.165) is 19.6 Å². The van der Waals surface area contributed by atoms with Gasteiger partial charge in [0, 0.05) is 18.5 Å². The van der Waals surface area contributed by atoms with Crippen LogP contribution in [0.25, 0.3) is 0 Å². The zero-order valence-corrected chi connectivity index (χ0v) is 12.5. The van der Waals surface area contributed by atoms with E-state index >= 15 is 0 Å². The van der Waals surface area contributed by atoms with Gasteiger partial charge in [0.15, 0.2) is 5.75 Å². The van der Waals surface area contributed by atoms with E-state index in [0.29, 0.717) is 22.2 Å². The molecule has 18 heavy (non-hydrogen) atoms. The molecule has 0 unspecified atom stereocenters. The second kappa shape index (κ2) is 7.61. The first-order valence-electron chi connectivity index (χ1n) is 5.95. The molecule has 0 saturated carbocycles. The molecule has 4 nitrogen and oxygen atoms in total. The minimum atomic E-state index is -0.137. The summed E-state index contributed by atoms with van der Waals surface area (Å²) >= 11 is 7.23. The second-order valence-electron chi connectivity index (χ2n) is 3.74. The van der Waals surface area contributed by atoms with Crippen LogP contribution in [0.2, 0.25) is 4.34 Å². The van der Waals surface area contributed by atoms with E-state index in [2.05, 4.69) is 24.1 Å². The van der Waals surface area contributed by atoms with Crippen molar-refractivity contribution in [3.63, 3.8) is 0 Å². The van der Waals surface area contributed by atoms with Gasteiger partial charge in [-0.1, -0.05) is 25.4 Å². The minimum Gasteiger partial charge on any atom is -0.493 e. The normalized spacial score (nSPS) is 10.7. The number of nitrogens with zero attached hydrogens (tertiary/aromatic N) is 1. The number of rotatable bonds is 7. The third-order valence-corrected chi connectivity index (χ3v) is 3.94. The van der Waals surface area contributed by atoms with Crippen LogP contribution in [-0.2, 0) is 0 Å². The number of halogens is 1. The lowest BCUT2D eigenvalue weighted by molar-refractivity contribution is 0.0946. The van der Waals surface area contributed by atoms with Gasteiger partial charge in [-0.2, -0.15) is 0 Å². The summed E-state index contributed by atoms with van der Waals surface area (Å²) in [4.78, 5) is 14.2. The summed E-state index contributed by atoms with van der Waals surface area (Å²) < 4.78 is 5.62. The molecule has 1 amide bonds. The summed E-state index contributed by atoms with van der Waals surface area (Å²) in [6, 6.07) is 0. The number of hydrogen-bond acceptors (Lipinski definition) is 4. The number of carbonyl (C=O) groups excluding carboxylic acids is 1. The summed E-state index contributed by atoms with van der Waals surface area (Å²) in [6.45, 7) is 7.65. The van der Waals surface area contributed by atoms with Crippen LogP contribution in [0.1, 0.15) is 24.2 Å². The Balaban J connectivity index is 2.50. The molecule has 0 bridgehead atoms. The first kappa shape index (κ1) is 15.3. The van der Waals surface area contributed by atoms with Crippen LogP contribution >= 0.6 is 22.9 Å². The zero-order valence-electron chi connectivity index (χ0n) is 11.0. The van der Waals surface area contributed by atoms with Crippen molar-refractivity contribution in [1.82, 2.24) is 10.2 Å². The highest BCUT2D eigenvalue weighted by atomic mass is 35.5. The van der Waals surface area contributed by atoms with Crippen LogP contribution in [0.5, 0.6) is 5.75 Å². The minimum absolute atomic E-state index is 0.137. The van der Waals surface area contributed by atoms with Crippen LogP contribution in [0.15, 0.2) is 5.38 Å². The highest BCUT2D eigenvalue weighted by molar-refractivity contribution is 7.15. The highest BCUT2D eigenvalue weighted by Crippen LogP contribution is 2.34. The molecule has 0 spiro atoms. The molecule has 0 aromatic carbocycles. The quantitative estimate of drug-likeness (QED) is 0.839. The van der Waals surface area contributed by atoms with Crippen molar-refractivity contribution >= 4 is 28.8 Å². The van der Waals surface area contributed by atoms with Crippen molar-refractivity contribution in [1.29, 1.82) is 0 Å². The van der Waals surface area contributed by atoms with Gasteiger partial charge in [-0.25, -0.2) is 0 Å². The molecule has 0 saturated heterocycles. The van der Waals surface area contributed by atoms with E-state index in [-0.39, 0.29) is 5.91 Å². The van der Waals surface area contributed by atoms with E-state index in [9.17, 15) is 4.79 Å². The number of carbonyl (C=O) groups is 1. The Morgan fingerprint density at radius 3 is 2.72 bits per heavy atom. The van der Waals surface area contributed by atoms with Gasteiger partial charge in [-0.3, -0.25) is 4.79 Å². The Morgan fingerprint density at radius 2 is 2.17 bits per heavy atom. The zero-order chi connectivity index (χ0) is 13.5. The first-order valence-corrected chi connectivity index (χ1v) is 7.21. The summed E-state index contributed by atoms with van der Waals surface area (Å²) in [6.07, 6.45) is 0. The molecule has 0 aliphatic heterocycles. The highest BCUT2D eigenvalue weighted by Gasteiger charge is 2.17. The Kier molecular flexibility index (Phi) is 6.46. The van der Waals surface area contributed by atoms with Gasteiger partial charge in [0.2, 0.25) is 0 Å². The van der Waals surface area contributed by atoms with E-state index in [4.69, 9.17) is 16.3 Å². The molecule has 0 atom stereocenters. The smallest absolute Gasteiger partial charge is 0.256 e. The lowest BCUT2D eigenvalue weighted by Crippen LogP contribution is -2.34. The molecule has 0 aliphatic carbocycles. The Bertz CT molecular complexity index is 391. The lowest BCUT2D eigenvalue weighted by Gasteiger charge is -2.17. The SMILES string of the molecule is CCN(CC)CCNC(=O)c1csc(Cl)c1OC. The number of amides is 1.